The fourth-order valence-electron chi connectivity index (χ4n) is 3.53. The highest BCUT2D eigenvalue weighted by molar-refractivity contribution is 6.07. The van der Waals surface area contributed by atoms with Gasteiger partial charge in [0.25, 0.3) is 0 Å². The van der Waals surface area contributed by atoms with Crippen LogP contribution >= 0.6 is 0 Å². The molecule has 3 aromatic rings. The van der Waals surface area contributed by atoms with Gasteiger partial charge in [-0.2, -0.15) is 15.1 Å². The number of aromatic nitrogens is 2. The first kappa shape index (κ1) is 21.8. The van der Waals surface area contributed by atoms with Gasteiger partial charge in [0.1, 0.15) is 11.7 Å². The quantitative estimate of drug-likeness (QED) is 0.265. The highest BCUT2D eigenvalue weighted by Crippen LogP contribution is 2.33. The topological polar surface area (TPSA) is 132 Å². The van der Waals surface area contributed by atoms with Crippen molar-refractivity contribution in [1.82, 2.24) is 9.55 Å². The number of rotatable bonds is 7. The third-order valence-electron chi connectivity index (χ3n) is 4.88. The number of hydrogen-bond donors (Lipinski definition) is 1. The fourth-order valence-corrected chi connectivity index (χ4v) is 3.53. The van der Waals surface area contributed by atoms with Crippen LogP contribution in [0.2, 0.25) is 0 Å². The van der Waals surface area contributed by atoms with Crippen LogP contribution in [0, 0.1) is 0 Å². The van der Waals surface area contributed by atoms with E-state index >= 15 is 0 Å². The number of methoxy groups -OCH3 is 1. The summed E-state index contributed by atoms with van der Waals surface area (Å²) >= 11 is 0. The largest absolute Gasteiger partial charge is 0.480 e. The standard InChI is InChI=1S/C21H21N5O5/c1-10(2)26-17(11(3)22-9-27)20(31-5)23-21(26)25-24-16-18(29)14-8-6-7-13(12(4)28)15(14)19(16)30/h6-8,10-11H,1-5H3,(H,23,25). The molecule has 0 spiro atoms. The highest BCUT2D eigenvalue weighted by atomic mass is 16.5. The zero-order chi connectivity index (χ0) is 22.9. The van der Waals surface area contributed by atoms with E-state index in [-0.39, 0.29) is 45.3 Å². The smallest absolute Gasteiger partial charge is 0.239 e. The van der Waals surface area contributed by atoms with Crippen molar-refractivity contribution in [3.63, 3.8) is 0 Å². The lowest BCUT2D eigenvalue weighted by Crippen LogP contribution is -2.33. The van der Waals surface area contributed by atoms with Crippen molar-refractivity contribution in [3.05, 3.63) is 55.3 Å². The summed E-state index contributed by atoms with van der Waals surface area (Å²) in [5.41, 5.74) is 2.14. The molecule has 1 atom stereocenters. The Kier molecular flexibility index (Phi) is 5.94. The Labute approximate surface area is 176 Å². The molecular weight excluding hydrogens is 402 g/mol. The van der Waals surface area contributed by atoms with Crippen LogP contribution in [0.3, 0.4) is 0 Å². The third-order valence-corrected chi connectivity index (χ3v) is 4.88. The summed E-state index contributed by atoms with van der Waals surface area (Å²) in [5, 5.41) is 3.86. The monoisotopic (exact) mass is 423 g/mol. The lowest BCUT2D eigenvalue weighted by molar-refractivity contribution is 0.101. The molecule has 10 nitrogen and oxygen atoms in total. The Morgan fingerprint density at radius 1 is 1.23 bits per heavy atom. The first-order valence-electron chi connectivity index (χ1n) is 9.53. The number of Topliss-reactive ketones (excluding diaryl/α,β-unsaturated/α-hetero) is 1. The Bertz CT molecular complexity index is 1370. The molecule has 1 N–H and O–H groups in total. The molecule has 31 heavy (non-hydrogen) atoms. The Morgan fingerprint density at radius 2 is 1.94 bits per heavy atom. The second-order valence-electron chi connectivity index (χ2n) is 7.20. The molecule has 0 amide bonds. The Morgan fingerprint density at radius 3 is 2.52 bits per heavy atom. The second-order valence-corrected chi connectivity index (χ2v) is 7.20. The van der Waals surface area contributed by atoms with E-state index < -0.39 is 16.9 Å². The number of carbonyl (C=O) groups is 1. The van der Waals surface area contributed by atoms with Crippen LogP contribution in [0.25, 0.3) is 10.8 Å². The highest BCUT2D eigenvalue weighted by Gasteiger charge is 2.24. The lowest BCUT2D eigenvalue weighted by Gasteiger charge is -2.16. The molecule has 160 valence electrons. The van der Waals surface area contributed by atoms with Gasteiger partial charge < -0.3 is 9.30 Å². The van der Waals surface area contributed by atoms with Gasteiger partial charge in [-0.1, -0.05) is 18.2 Å². The number of imidazole rings is 1. The van der Waals surface area contributed by atoms with Crippen LogP contribution in [0.5, 0.6) is 5.88 Å². The average molecular weight is 423 g/mol. The molecule has 1 aromatic heterocycles. The fraction of sp³-hybridized carbons (Fsp3) is 0.333. The third kappa shape index (κ3) is 3.69. The van der Waals surface area contributed by atoms with Crippen molar-refractivity contribution in [2.75, 3.05) is 12.5 Å². The van der Waals surface area contributed by atoms with Crippen LogP contribution in [0.4, 0.5) is 5.95 Å². The average Bonchev–Trinajstić information content (AvgIpc) is 3.22. The van der Waals surface area contributed by atoms with Gasteiger partial charge in [0.05, 0.1) is 7.11 Å². The van der Waals surface area contributed by atoms with Gasteiger partial charge in [0, 0.05) is 22.4 Å². The molecule has 3 rings (SSSR count). The number of aliphatic imine (C=N–C) groups is 1. The molecule has 1 unspecified atom stereocenters. The maximum absolute atomic E-state index is 12.8. The van der Waals surface area contributed by atoms with Crippen molar-refractivity contribution in [2.45, 2.75) is 39.8 Å². The minimum atomic E-state index is -0.632. The lowest BCUT2D eigenvalue weighted by atomic mass is 10.1. The summed E-state index contributed by atoms with van der Waals surface area (Å²) in [7, 11) is 1.42. The first-order chi connectivity index (χ1) is 14.7. The molecule has 0 bridgehead atoms. The number of ketones is 1. The van der Waals surface area contributed by atoms with Gasteiger partial charge in [0.15, 0.2) is 11.1 Å². The van der Waals surface area contributed by atoms with Gasteiger partial charge in [-0.05, 0) is 27.7 Å². The molecule has 1 heterocycles. The normalized spacial score (nSPS) is 12.8. The molecule has 0 radical (unpaired) electrons. The van der Waals surface area contributed by atoms with Gasteiger partial charge in [-0.3, -0.25) is 14.4 Å². The van der Waals surface area contributed by atoms with E-state index in [1.807, 2.05) is 13.8 Å². The summed E-state index contributed by atoms with van der Waals surface area (Å²) in [6.07, 6.45) is 1.52. The number of hydrogen-bond acceptors (Lipinski definition) is 9. The SMILES string of the molecule is COc1nc(NN=c2c(=O)c3cccc(C(C)=O)c3c2=O)n(C(C)C)c1C(C)N=C=O. The molecule has 0 aliphatic carbocycles. The minimum absolute atomic E-state index is 0.0555. The van der Waals surface area contributed by atoms with Gasteiger partial charge >= 0.3 is 0 Å². The van der Waals surface area contributed by atoms with Gasteiger partial charge in [-0.15, -0.1) is 0 Å². The van der Waals surface area contributed by atoms with Crippen molar-refractivity contribution in [1.29, 1.82) is 0 Å². The Hall–Kier alpha value is -3.91. The van der Waals surface area contributed by atoms with Crippen LogP contribution in [0.1, 0.15) is 55.8 Å². The maximum atomic E-state index is 12.8. The van der Waals surface area contributed by atoms with Crippen molar-refractivity contribution in [2.24, 2.45) is 10.1 Å². The summed E-state index contributed by atoms with van der Waals surface area (Å²) in [5.74, 6) is 0.0985. The van der Waals surface area contributed by atoms with Crippen LogP contribution < -0.4 is 26.4 Å². The van der Waals surface area contributed by atoms with E-state index in [4.69, 9.17) is 4.74 Å². The minimum Gasteiger partial charge on any atom is -0.480 e. The number of carbonyl (C=O) groups excluding carboxylic acids is 2. The summed E-state index contributed by atoms with van der Waals surface area (Å²) in [4.78, 5) is 56.2. The second kappa shape index (κ2) is 8.45. The molecule has 0 saturated heterocycles. The van der Waals surface area contributed by atoms with Crippen molar-refractivity contribution >= 4 is 28.6 Å². The summed E-state index contributed by atoms with van der Waals surface area (Å²) in [6.45, 7) is 6.77. The van der Waals surface area contributed by atoms with Gasteiger partial charge in [-0.25, -0.2) is 10.2 Å². The van der Waals surface area contributed by atoms with Gasteiger partial charge in [0.2, 0.25) is 28.8 Å². The number of anilines is 1. The molecule has 0 aliphatic rings. The van der Waals surface area contributed by atoms with E-state index in [1.165, 1.54) is 32.2 Å². The first-order valence-corrected chi connectivity index (χ1v) is 9.53. The summed E-state index contributed by atoms with van der Waals surface area (Å²) < 4.78 is 7.01. The Balaban J connectivity index is 2.21. The van der Waals surface area contributed by atoms with Crippen molar-refractivity contribution in [3.8, 4) is 5.88 Å². The molecule has 2 aromatic carbocycles. The van der Waals surface area contributed by atoms with E-state index in [9.17, 15) is 19.2 Å². The zero-order valence-corrected chi connectivity index (χ0v) is 17.7. The predicted molar refractivity (Wildman–Crippen MR) is 114 cm³/mol. The van der Waals surface area contributed by atoms with E-state index in [0.29, 0.717) is 5.69 Å². The number of nitrogens with zero attached hydrogens (tertiary/aromatic N) is 4. The zero-order valence-electron chi connectivity index (χ0n) is 17.7. The maximum Gasteiger partial charge on any atom is 0.239 e. The van der Waals surface area contributed by atoms with Crippen molar-refractivity contribution < 1.29 is 14.3 Å². The number of nitrogens with one attached hydrogen (secondary N) is 1. The number of ether oxygens (including phenoxy) is 1. The van der Waals surface area contributed by atoms with Crippen LogP contribution in [0.15, 0.2) is 37.9 Å². The number of isocyanates is 1. The van der Waals surface area contributed by atoms with E-state index in [1.54, 1.807) is 17.6 Å². The van der Waals surface area contributed by atoms with E-state index in [2.05, 4.69) is 20.5 Å². The molecule has 0 fully saturated rings. The number of benzene rings is 1. The molecule has 0 aliphatic heterocycles. The molecule has 10 heteroatoms. The molecular formula is C21H21N5O5. The predicted octanol–water partition coefficient (Wildman–Crippen LogP) is 1.75. The number of fused-ring (bicyclic) bond motifs is 1. The van der Waals surface area contributed by atoms with E-state index in [0.717, 1.165) is 0 Å². The molecule has 0 saturated carbocycles. The summed E-state index contributed by atoms with van der Waals surface area (Å²) in [6, 6.07) is 3.80. The van der Waals surface area contributed by atoms with Crippen LogP contribution in [-0.2, 0) is 4.79 Å². The van der Waals surface area contributed by atoms with Crippen LogP contribution in [-0.4, -0.2) is 28.5 Å².